The van der Waals surface area contributed by atoms with Gasteiger partial charge in [-0.3, -0.25) is 4.79 Å². The van der Waals surface area contributed by atoms with E-state index in [1.54, 1.807) is 0 Å². The van der Waals surface area contributed by atoms with Gasteiger partial charge in [0.15, 0.2) is 0 Å². The second-order valence-corrected chi connectivity index (χ2v) is 8.97. The maximum absolute atomic E-state index is 14.3. The van der Waals surface area contributed by atoms with Crippen LogP contribution < -0.4 is 10.0 Å². The first-order chi connectivity index (χ1) is 13.6. The molecule has 1 fully saturated rings. The molecule has 2 aliphatic rings. The number of sulfonamides is 1. The van der Waals surface area contributed by atoms with Gasteiger partial charge in [0.1, 0.15) is 16.9 Å². The molecule has 1 aliphatic carbocycles. The van der Waals surface area contributed by atoms with Crippen LogP contribution >= 0.6 is 23.2 Å². The number of carbonyl (C=O) groups excluding carboxylic acids is 1. The van der Waals surface area contributed by atoms with Crippen molar-refractivity contribution in [3.63, 3.8) is 0 Å². The molecule has 1 heterocycles. The summed E-state index contributed by atoms with van der Waals surface area (Å²) in [6.07, 6.45) is 0.108. The van der Waals surface area contributed by atoms with E-state index in [4.69, 9.17) is 27.9 Å². The molecule has 0 aromatic heterocycles. The number of halogens is 4. The van der Waals surface area contributed by atoms with Crippen molar-refractivity contribution < 1.29 is 31.8 Å². The van der Waals surface area contributed by atoms with Crippen LogP contribution in [0.3, 0.4) is 0 Å². The highest BCUT2D eigenvalue weighted by atomic mass is 35.5. The summed E-state index contributed by atoms with van der Waals surface area (Å²) in [5.41, 5.74) is -0.118. The molecule has 0 radical (unpaired) electrons. The van der Waals surface area contributed by atoms with Crippen LogP contribution in [0.1, 0.15) is 16.8 Å². The molecule has 29 heavy (non-hydrogen) atoms. The smallest absolute Gasteiger partial charge is 0.257 e. The number of hydrogen-bond donors (Lipinski definition) is 3. The molecule has 3 rings (SSSR count). The van der Waals surface area contributed by atoms with Crippen LogP contribution in [-0.4, -0.2) is 51.0 Å². The van der Waals surface area contributed by atoms with Crippen LogP contribution in [-0.2, 0) is 14.8 Å². The Kier molecular flexibility index (Phi) is 6.61. The Hall–Kier alpha value is -1.56. The third-order valence-corrected chi connectivity index (χ3v) is 6.47. The highest BCUT2D eigenvalue weighted by Crippen LogP contribution is 2.26. The number of benzene rings is 1. The van der Waals surface area contributed by atoms with Crippen LogP contribution in [0.25, 0.3) is 0 Å². The van der Waals surface area contributed by atoms with Crippen LogP contribution in [0.15, 0.2) is 39.9 Å². The minimum atomic E-state index is -4.43. The van der Waals surface area contributed by atoms with Gasteiger partial charge in [0.2, 0.25) is 10.0 Å². The summed E-state index contributed by atoms with van der Waals surface area (Å²) in [7, 11) is -4.43. The van der Waals surface area contributed by atoms with E-state index in [-0.39, 0.29) is 40.9 Å². The summed E-state index contributed by atoms with van der Waals surface area (Å²) in [4.78, 5) is 11.7. The monoisotopic (exact) mass is 468 g/mol. The minimum absolute atomic E-state index is 0.0442. The van der Waals surface area contributed by atoms with Gasteiger partial charge in [0.25, 0.3) is 5.91 Å². The van der Waals surface area contributed by atoms with Gasteiger partial charge in [-0.05, 0) is 18.2 Å². The number of carbonyl (C=O) groups is 1. The van der Waals surface area contributed by atoms with E-state index < -0.39 is 45.0 Å². The second-order valence-electron chi connectivity index (χ2n) is 6.44. The fraction of sp³-hybridized carbons (Fsp3) is 0.353. The average Bonchev–Trinajstić information content (AvgIpc) is 3.02. The summed E-state index contributed by atoms with van der Waals surface area (Å²) >= 11 is 11.6. The van der Waals surface area contributed by atoms with Crippen LogP contribution in [0, 0.1) is 5.82 Å². The van der Waals surface area contributed by atoms with Crippen molar-refractivity contribution in [1.82, 2.24) is 10.0 Å². The van der Waals surface area contributed by atoms with E-state index in [0.717, 1.165) is 6.07 Å². The van der Waals surface area contributed by atoms with E-state index in [2.05, 4.69) is 10.0 Å². The number of amides is 1. The summed E-state index contributed by atoms with van der Waals surface area (Å²) in [5, 5.41) is 11.7. The van der Waals surface area contributed by atoms with Crippen molar-refractivity contribution in [2.75, 3.05) is 13.2 Å². The van der Waals surface area contributed by atoms with Gasteiger partial charge in [-0.15, -0.1) is 0 Å². The van der Waals surface area contributed by atoms with E-state index in [1.807, 2.05) is 0 Å². The van der Waals surface area contributed by atoms with E-state index >= 15 is 0 Å². The van der Waals surface area contributed by atoms with Crippen LogP contribution in [0.2, 0.25) is 5.02 Å². The van der Waals surface area contributed by atoms with Crippen LogP contribution in [0.4, 0.5) is 8.78 Å². The van der Waals surface area contributed by atoms with Crippen molar-refractivity contribution >= 4 is 39.1 Å². The number of ether oxygens (including phenoxy) is 1. The zero-order chi connectivity index (χ0) is 21.3. The first-order valence-corrected chi connectivity index (χ1v) is 10.6. The molecule has 0 saturated carbocycles. The van der Waals surface area contributed by atoms with Crippen molar-refractivity contribution in [2.45, 2.75) is 29.6 Å². The molecule has 1 saturated heterocycles. The number of rotatable bonds is 5. The molecule has 0 spiro atoms. The SMILES string of the molecule is O=C(NC1=CCC(F)C(Cl)=C1)c1cc(S(=O)(=O)NC2COCC2O)c(F)cc1Cl. The third-order valence-electron chi connectivity index (χ3n) is 4.31. The lowest BCUT2D eigenvalue weighted by Gasteiger charge is -2.17. The standard InChI is InChI=1S/C17H16Cl2F2N2O5S/c18-10-5-13(21)16(29(26,27)23-14-6-28-7-15(14)24)4-9(10)17(25)22-8-1-2-12(20)11(19)3-8/h1,3-5,12,14-15,23-24H,2,6-7H2,(H,22,25). The van der Waals surface area contributed by atoms with Crippen molar-refractivity contribution in [1.29, 1.82) is 0 Å². The van der Waals surface area contributed by atoms with Gasteiger partial charge >= 0.3 is 0 Å². The third kappa shape index (κ3) is 4.96. The van der Waals surface area contributed by atoms with Crippen molar-refractivity contribution in [3.05, 3.63) is 51.4 Å². The molecule has 0 bridgehead atoms. The number of alkyl halides is 1. The lowest BCUT2D eigenvalue weighted by atomic mass is 10.1. The first kappa shape index (κ1) is 22.1. The van der Waals surface area contributed by atoms with Gasteiger partial charge in [0.05, 0.1) is 41.0 Å². The lowest BCUT2D eigenvalue weighted by molar-refractivity contribution is 0.0966. The largest absolute Gasteiger partial charge is 0.389 e. The van der Waals surface area contributed by atoms with Gasteiger partial charge in [0, 0.05) is 12.1 Å². The Labute approximate surface area is 175 Å². The van der Waals surface area contributed by atoms with Crippen LogP contribution in [0.5, 0.6) is 0 Å². The lowest BCUT2D eigenvalue weighted by Crippen LogP contribution is -2.42. The van der Waals surface area contributed by atoms with E-state index in [1.165, 1.54) is 12.2 Å². The van der Waals surface area contributed by atoms with Gasteiger partial charge in [-0.1, -0.05) is 29.3 Å². The molecule has 1 aromatic rings. The number of nitrogens with one attached hydrogen (secondary N) is 2. The highest BCUT2D eigenvalue weighted by molar-refractivity contribution is 7.89. The molecule has 3 unspecified atom stereocenters. The number of aliphatic hydroxyl groups excluding tert-OH is 1. The predicted molar refractivity (Wildman–Crippen MR) is 101 cm³/mol. The van der Waals surface area contributed by atoms with E-state index in [0.29, 0.717) is 6.07 Å². The molecule has 1 aliphatic heterocycles. The topological polar surface area (TPSA) is 105 Å². The maximum atomic E-state index is 14.3. The summed E-state index contributed by atoms with van der Waals surface area (Å²) in [6.45, 7) is -0.144. The molecule has 7 nitrogen and oxygen atoms in total. The quantitative estimate of drug-likeness (QED) is 0.612. The molecular weight excluding hydrogens is 453 g/mol. The Morgan fingerprint density at radius 3 is 2.62 bits per heavy atom. The zero-order valence-corrected chi connectivity index (χ0v) is 17.0. The molecule has 3 atom stereocenters. The van der Waals surface area contributed by atoms with E-state index in [9.17, 15) is 27.1 Å². The fourth-order valence-corrected chi connectivity index (χ4v) is 4.54. The Balaban J connectivity index is 1.86. The normalized spacial score (nSPS) is 24.8. The van der Waals surface area contributed by atoms with Gasteiger partial charge < -0.3 is 15.2 Å². The summed E-state index contributed by atoms with van der Waals surface area (Å²) < 4.78 is 59.9. The molecule has 1 aromatic carbocycles. The Morgan fingerprint density at radius 1 is 1.28 bits per heavy atom. The second kappa shape index (κ2) is 8.66. The maximum Gasteiger partial charge on any atom is 0.257 e. The number of allylic oxidation sites excluding steroid dienone is 3. The highest BCUT2D eigenvalue weighted by Gasteiger charge is 2.33. The summed E-state index contributed by atoms with van der Waals surface area (Å²) in [5.74, 6) is -2.01. The first-order valence-electron chi connectivity index (χ1n) is 8.38. The Morgan fingerprint density at radius 2 is 2.00 bits per heavy atom. The zero-order valence-electron chi connectivity index (χ0n) is 14.7. The number of hydrogen-bond acceptors (Lipinski definition) is 5. The predicted octanol–water partition coefficient (Wildman–Crippen LogP) is 2.00. The minimum Gasteiger partial charge on any atom is -0.389 e. The molecule has 158 valence electrons. The molecular formula is C17H16Cl2F2N2O5S. The molecule has 1 amide bonds. The van der Waals surface area contributed by atoms with Crippen molar-refractivity contribution in [2.24, 2.45) is 0 Å². The summed E-state index contributed by atoms with van der Waals surface area (Å²) in [6, 6.07) is 0.521. The number of aliphatic hydroxyl groups is 1. The fourth-order valence-electron chi connectivity index (χ4n) is 2.75. The van der Waals surface area contributed by atoms with Crippen molar-refractivity contribution in [3.8, 4) is 0 Å². The van der Waals surface area contributed by atoms with Gasteiger partial charge in [-0.25, -0.2) is 21.9 Å². The average molecular weight is 469 g/mol. The molecule has 12 heteroatoms. The molecule has 3 N–H and O–H groups in total. The van der Waals surface area contributed by atoms with Gasteiger partial charge in [-0.2, -0.15) is 0 Å². The Bertz CT molecular complexity index is 1000.